The summed E-state index contributed by atoms with van der Waals surface area (Å²) in [4.78, 5) is 0. The summed E-state index contributed by atoms with van der Waals surface area (Å²) in [6.45, 7) is 13.2. The van der Waals surface area contributed by atoms with Gasteiger partial charge in [0, 0.05) is 13.1 Å². The topological polar surface area (TPSA) is 21.3 Å². The lowest BCUT2D eigenvalue weighted by Gasteiger charge is -2.08. The summed E-state index contributed by atoms with van der Waals surface area (Å²) in [7, 11) is 0. The maximum absolute atomic E-state index is 5.41. The molecule has 1 aromatic carbocycles. The third kappa shape index (κ3) is 5.66. The molecule has 1 rings (SSSR count). The minimum atomic E-state index is 0.658. The van der Waals surface area contributed by atoms with E-state index in [0.717, 1.165) is 25.3 Å². The summed E-state index contributed by atoms with van der Waals surface area (Å²) in [6, 6.07) is 6.57. The molecule has 0 unspecified atom stereocenters. The molecule has 0 saturated carbocycles. The highest BCUT2D eigenvalue weighted by Gasteiger charge is 1.96. The highest BCUT2D eigenvalue weighted by atomic mass is 16.5. The van der Waals surface area contributed by atoms with Crippen molar-refractivity contribution in [2.75, 3.05) is 19.8 Å². The van der Waals surface area contributed by atoms with Gasteiger partial charge in [0.1, 0.15) is 0 Å². The Kier molecular flexibility index (Phi) is 5.95. The van der Waals surface area contributed by atoms with Crippen LogP contribution in [0.1, 0.15) is 23.6 Å². The van der Waals surface area contributed by atoms with Crippen LogP contribution in [0.4, 0.5) is 0 Å². The van der Waals surface area contributed by atoms with Crippen LogP contribution in [-0.4, -0.2) is 19.8 Å². The van der Waals surface area contributed by atoms with Gasteiger partial charge in [-0.3, -0.25) is 0 Å². The molecule has 0 bridgehead atoms. The first-order valence-corrected chi connectivity index (χ1v) is 6.08. The first-order valence-electron chi connectivity index (χ1n) is 6.08. The molecule has 0 radical (unpaired) electrons. The molecule has 2 heteroatoms. The Bertz CT molecular complexity index is 371. The van der Waals surface area contributed by atoms with E-state index < -0.39 is 0 Å². The Morgan fingerprint density at radius 3 is 2.71 bits per heavy atom. The normalized spacial score (nSPS) is 10.5. The van der Waals surface area contributed by atoms with Crippen LogP contribution in [0.25, 0.3) is 0 Å². The molecule has 0 spiro atoms. The van der Waals surface area contributed by atoms with Gasteiger partial charge in [-0.15, -0.1) is 0 Å². The third-order valence-electron chi connectivity index (χ3n) is 2.67. The largest absolute Gasteiger partial charge is 0.376 e. The molecule has 0 heterocycles. The minimum absolute atomic E-state index is 0.658. The van der Waals surface area contributed by atoms with Crippen molar-refractivity contribution in [3.63, 3.8) is 0 Å². The van der Waals surface area contributed by atoms with Crippen molar-refractivity contribution in [2.45, 2.75) is 27.3 Å². The van der Waals surface area contributed by atoms with Gasteiger partial charge in [-0.25, -0.2) is 0 Å². The molecule has 0 saturated heterocycles. The van der Waals surface area contributed by atoms with Crippen molar-refractivity contribution in [2.24, 2.45) is 0 Å². The zero-order valence-corrected chi connectivity index (χ0v) is 11.2. The van der Waals surface area contributed by atoms with Crippen molar-refractivity contribution >= 4 is 0 Å². The average molecular weight is 233 g/mol. The predicted octanol–water partition coefficient (Wildman–Crippen LogP) is 2.99. The standard InChI is InChI=1S/C15H23NO/c1-12(2)11-17-8-7-16-10-15-6-5-13(3)14(4)9-15/h5-6,9,16H,1,7-8,10-11H2,2-4H3. The van der Waals surface area contributed by atoms with E-state index in [1.807, 2.05) is 6.92 Å². The number of hydrogen-bond acceptors (Lipinski definition) is 2. The van der Waals surface area contributed by atoms with Crippen LogP contribution in [0.3, 0.4) is 0 Å². The molecule has 0 atom stereocenters. The fraction of sp³-hybridized carbons (Fsp3) is 0.467. The van der Waals surface area contributed by atoms with Crippen LogP contribution in [0.5, 0.6) is 0 Å². The number of hydrogen-bond donors (Lipinski definition) is 1. The Labute approximate surface area is 105 Å². The van der Waals surface area contributed by atoms with Crippen molar-refractivity contribution in [1.29, 1.82) is 0 Å². The summed E-state index contributed by atoms with van der Waals surface area (Å²) >= 11 is 0. The molecule has 0 aromatic heterocycles. The van der Waals surface area contributed by atoms with Crippen molar-refractivity contribution in [3.8, 4) is 0 Å². The number of benzene rings is 1. The van der Waals surface area contributed by atoms with E-state index in [2.05, 4.69) is 43.9 Å². The molecule has 94 valence electrons. The van der Waals surface area contributed by atoms with Gasteiger partial charge in [-0.2, -0.15) is 0 Å². The molecule has 17 heavy (non-hydrogen) atoms. The molecule has 1 aromatic rings. The van der Waals surface area contributed by atoms with E-state index in [1.54, 1.807) is 0 Å². The van der Waals surface area contributed by atoms with Gasteiger partial charge < -0.3 is 10.1 Å². The van der Waals surface area contributed by atoms with Gasteiger partial charge in [0.2, 0.25) is 0 Å². The van der Waals surface area contributed by atoms with E-state index >= 15 is 0 Å². The van der Waals surface area contributed by atoms with Crippen molar-refractivity contribution < 1.29 is 4.74 Å². The monoisotopic (exact) mass is 233 g/mol. The van der Waals surface area contributed by atoms with E-state index in [0.29, 0.717) is 6.61 Å². The fourth-order valence-corrected chi connectivity index (χ4v) is 1.54. The van der Waals surface area contributed by atoms with Crippen LogP contribution in [0.15, 0.2) is 30.4 Å². The lowest BCUT2D eigenvalue weighted by Crippen LogP contribution is -2.19. The summed E-state index contributed by atoms with van der Waals surface area (Å²) in [5.41, 5.74) is 5.09. The van der Waals surface area contributed by atoms with Crippen LogP contribution in [-0.2, 0) is 11.3 Å². The number of nitrogens with one attached hydrogen (secondary N) is 1. The molecule has 0 aliphatic carbocycles. The number of ether oxygens (including phenoxy) is 1. The van der Waals surface area contributed by atoms with E-state index in [-0.39, 0.29) is 0 Å². The lowest BCUT2D eigenvalue weighted by atomic mass is 10.1. The Morgan fingerprint density at radius 1 is 1.29 bits per heavy atom. The first kappa shape index (κ1) is 13.9. The maximum Gasteiger partial charge on any atom is 0.0672 e. The molecular weight excluding hydrogens is 210 g/mol. The maximum atomic E-state index is 5.41. The first-order chi connectivity index (χ1) is 8.09. The lowest BCUT2D eigenvalue weighted by molar-refractivity contribution is 0.158. The summed E-state index contributed by atoms with van der Waals surface area (Å²) in [5, 5.41) is 3.37. The highest BCUT2D eigenvalue weighted by Crippen LogP contribution is 2.09. The van der Waals surface area contributed by atoms with E-state index in [1.165, 1.54) is 16.7 Å². The smallest absolute Gasteiger partial charge is 0.0672 e. The Hall–Kier alpha value is -1.12. The van der Waals surface area contributed by atoms with Crippen LogP contribution in [0, 0.1) is 13.8 Å². The zero-order chi connectivity index (χ0) is 12.7. The summed E-state index contributed by atoms with van der Waals surface area (Å²) < 4.78 is 5.41. The Balaban J connectivity index is 2.18. The molecule has 0 fully saturated rings. The van der Waals surface area contributed by atoms with Crippen molar-refractivity contribution in [3.05, 3.63) is 47.0 Å². The van der Waals surface area contributed by atoms with E-state index in [9.17, 15) is 0 Å². The van der Waals surface area contributed by atoms with Gasteiger partial charge >= 0.3 is 0 Å². The minimum Gasteiger partial charge on any atom is -0.376 e. The zero-order valence-electron chi connectivity index (χ0n) is 11.2. The van der Waals surface area contributed by atoms with Crippen LogP contribution < -0.4 is 5.32 Å². The van der Waals surface area contributed by atoms with Crippen LogP contribution in [0.2, 0.25) is 0 Å². The van der Waals surface area contributed by atoms with E-state index in [4.69, 9.17) is 4.74 Å². The fourth-order valence-electron chi connectivity index (χ4n) is 1.54. The predicted molar refractivity (Wildman–Crippen MR) is 73.3 cm³/mol. The van der Waals surface area contributed by atoms with Gasteiger partial charge in [0.05, 0.1) is 13.2 Å². The second-order valence-corrected chi connectivity index (χ2v) is 4.61. The molecule has 0 aliphatic heterocycles. The van der Waals surface area contributed by atoms with Gasteiger partial charge in [-0.1, -0.05) is 30.4 Å². The molecular formula is C15H23NO. The quantitative estimate of drug-likeness (QED) is 0.577. The molecule has 1 N–H and O–H groups in total. The third-order valence-corrected chi connectivity index (χ3v) is 2.67. The van der Waals surface area contributed by atoms with Gasteiger partial charge in [0.25, 0.3) is 0 Å². The Morgan fingerprint density at radius 2 is 2.06 bits per heavy atom. The SMILES string of the molecule is C=C(C)COCCNCc1ccc(C)c(C)c1. The molecule has 2 nitrogen and oxygen atoms in total. The summed E-state index contributed by atoms with van der Waals surface area (Å²) in [5.74, 6) is 0. The number of rotatable bonds is 7. The van der Waals surface area contributed by atoms with Gasteiger partial charge in [0.15, 0.2) is 0 Å². The van der Waals surface area contributed by atoms with Crippen LogP contribution >= 0.6 is 0 Å². The molecule has 0 aliphatic rings. The van der Waals surface area contributed by atoms with Crippen molar-refractivity contribution in [1.82, 2.24) is 5.32 Å². The van der Waals surface area contributed by atoms with Gasteiger partial charge in [-0.05, 0) is 37.5 Å². The number of aryl methyl sites for hydroxylation is 2. The highest BCUT2D eigenvalue weighted by molar-refractivity contribution is 5.29. The molecule has 0 amide bonds. The second kappa shape index (κ2) is 7.25. The average Bonchev–Trinajstić information content (AvgIpc) is 2.27. The summed E-state index contributed by atoms with van der Waals surface area (Å²) in [6.07, 6.45) is 0. The second-order valence-electron chi connectivity index (χ2n) is 4.61.